The van der Waals surface area contributed by atoms with Crippen molar-refractivity contribution in [2.24, 2.45) is 5.73 Å². The van der Waals surface area contributed by atoms with Crippen LogP contribution in [-0.2, 0) is 0 Å². The van der Waals surface area contributed by atoms with Gasteiger partial charge in [0.15, 0.2) is 4.34 Å². The predicted octanol–water partition coefficient (Wildman–Crippen LogP) is 2.95. The molecule has 0 radical (unpaired) electrons. The van der Waals surface area contributed by atoms with Gasteiger partial charge in [-0.15, -0.1) is 0 Å². The third-order valence-electron chi connectivity index (χ3n) is 2.50. The summed E-state index contributed by atoms with van der Waals surface area (Å²) >= 11 is 3.14. The van der Waals surface area contributed by atoms with Crippen LogP contribution in [-0.4, -0.2) is 15.9 Å². The summed E-state index contributed by atoms with van der Waals surface area (Å²) in [7, 11) is 0. The molecule has 1 aromatic heterocycles. The molecule has 0 bridgehead atoms. The summed E-state index contributed by atoms with van der Waals surface area (Å²) in [6.07, 6.45) is 0. The van der Waals surface area contributed by atoms with Crippen LogP contribution in [0.1, 0.15) is 22.2 Å². The van der Waals surface area contributed by atoms with Crippen molar-refractivity contribution in [1.29, 1.82) is 0 Å². The Morgan fingerprint density at radius 2 is 2.12 bits per heavy atom. The molecule has 2 aromatic rings. The molecule has 0 spiro atoms. The first kappa shape index (κ1) is 12.5. The number of aromatic nitrogens is 2. The number of rotatable bonds is 4. The lowest BCUT2D eigenvalue weighted by molar-refractivity contribution is 0.928. The first-order chi connectivity index (χ1) is 8.20. The topological polar surface area (TPSA) is 51.8 Å². The number of hydrogen-bond acceptors (Lipinski definition) is 5. The van der Waals surface area contributed by atoms with Crippen molar-refractivity contribution in [2.75, 3.05) is 6.54 Å². The molecule has 1 aromatic carbocycles. The summed E-state index contributed by atoms with van der Waals surface area (Å²) in [5.74, 6) is 0.832. The Morgan fingerprint density at radius 1 is 1.35 bits per heavy atom. The highest BCUT2D eigenvalue weighted by Gasteiger charge is 2.15. The molecule has 0 aliphatic carbocycles. The maximum absolute atomic E-state index is 5.86. The highest BCUT2D eigenvalue weighted by Crippen LogP contribution is 2.36. The van der Waals surface area contributed by atoms with E-state index < -0.39 is 0 Å². The summed E-state index contributed by atoms with van der Waals surface area (Å²) in [5.41, 5.74) is 8.42. The summed E-state index contributed by atoms with van der Waals surface area (Å²) < 4.78 is 5.18. The molecule has 17 heavy (non-hydrogen) atoms. The molecular formula is C12H15N3S2. The average molecular weight is 265 g/mol. The fourth-order valence-corrected chi connectivity index (χ4v) is 3.61. The minimum absolute atomic E-state index is 0.253. The maximum atomic E-state index is 5.86. The molecule has 0 aliphatic heterocycles. The zero-order valence-electron chi connectivity index (χ0n) is 9.88. The zero-order chi connectivity index (χ0) is 12.3. The van der Waals surface area contributed by atoms with E-state index >= 15 is 0 Å². The SMILES string of the molecule is Cc1nsc(SC(CN)c2ccccc2C)n1. The Balaban J connectivity index is 2.20. The van der Waals surface area contributed by atoms with E-state index in [2.05, 4.69) is 34.5 Å². The molecule has 0 fully saturated rings. The molecule has 1 unspecified atom stereocenters. The Hall–Kier alpha value is -0.910. The zero-order valence-corrected chi connectivity index (χ0v) is 11.5. The molecule has 3 nitrogen and oxygen atoms in total. The van der Waals surface area contributed by atoms with Crippen LogP contribution in [0.3, 0.4) is 0 Å². The Morgan fingerprint density at radius 3 is 2.71 bits per heavy atom. The van der Waals surface area contributed by atoms with E-state index in [1.807, 2.05) is 13.0 Å². The van der Waals surface area contributed by atoms with Crippen LogP contribution >= 0.6 is 23.3 Å². The molecular weight excluding hydrogens is 250 g/mol. The number of thioether (sulfide) groups is 1. The monoisotopic (exact) mass is 265 g/mol. The van der Waals surface area contributed by atoms with Crippen LogP contribution in [0.15, 0.2) is 28.6 Å². The van der Waals surface area contributed by atoms with Crippen LogP contribution < -0.4 is 5.73 Å². The molecule has 1 atom stereocenters. The lowest BCUT2D eigenvalue weighted by atomic mass is 10.1. The van der Waals surface area contributed by atoms with E-state index in [0.29, 0.717) is 6.54 Å². The van der Waals surface area contributed by atoms with Gasteiger partial charge in [0, 0.05) is 11.8 Å². The standard InChI is InChI=1S/C12H15N3S2/c1-8-5-3-4-6-10(8)11(7-13)16-12-14-9(2)15-17-12/h3-6,11H,7,13H2,1-2H3. The Kier molecular flexibility index (Phi) is 4.15. The third kappa shape index (κ3) is 3.06. The van der Waals surface area contributed by atoms with Gasteiger partial charge in [0.1, 0.15) is 5.82 Å². The van der Waals surface area contributed by atoms with Crippen LogP contribution in [0, 0.1) is 13.8 Å². The van der Waals surface area contributed by atoms with E-state index in [1.165, 1.54) is 22.7 Å². The summed E-state index contributed by atoms with van der Waals surface area (Å²) in [4.78, 5) is 4.37. The number of aryl methyl sites for hydroxylation is 2. The number of hydrogen-bond donors (Lipinski definition) is 1. The highest BCUT2D eigenvalue weighted by molar-refractivity contribution is 8.01. The molecule has 0 saturated heterocycles. The first-order valence-electron chi connectivity index (χ1n) is 5.43. The van der Waals surface area contributed by atoms with Crippen molar-refractivity contribution in [3.63, 3.8) is 0 Å². The third-order valence-corrected chi connectivity index (χ3v) is 4.64. The largest absolute Gasteiger partial charge is 0.329 e. The quantitative estimate of drug-likeness (QED) is 0.864. The van der Waals surface area contributed by atoms with Crippen molar-refractivity contribution < 1.29 is 0 Å². The smallest absolute Gasteiger partial charge is 0.170 e. The van der Waals surface area contributed by atoms with Crippen molar-refractivity contribution in [2.45, 2.75) is 23.4 Å². The molecule has 90 valence electrons. The fraction of sp³-hybridized carbons (Fsp3) is 0.333. The van der Waals surface area contributed by atoms with Gasteiger partial charge in [-0.25, -0.2) is 4.98 Å². The number of benzene rings is 1. The molecule has 2 rings (SSSR count). The molecule has 5 heteroatoms. The lowest BCUT2D eigenvalue weighted by Gasteiger charge is -2.15. The van der Waals surface area contributed by atoms with Gasteiger partial charge in [0.05, 0.1) is 0 Å². The minimum Gasteiger partial charge on any atom is -0.329 e. The van der Waals surface area contributed by atoms with E-state index in [-0.39, 0.29) is 5.25 Å². The Labute approximate surface area is 110 Å². The highest BCUT2D eigenvalue weighted by atomic mass is 32.2. The first-order valence-corrected chi connectivity index (χ1v) is 7.08. The predicted molar refractivity (Wildman–Crippen MR) is 73.5 cm³/mol. The fourth-order valence-electron chi connectivity index (χ4n) is 1.63. The lowest BCUT2D eigenvalue weighted by Crippen LogP contribution is -2.10. The van der Waals surface area contributed by atoms with E-state index in [1.54, 1.807) is 11.8 Å². The molecule has 2 N–H and O–H groups in total. The second kappa shape index (κ2) is 5.62. The van der Waals surface area contributed by atoms with Crippen LogP contribution in [0.2, 0.25) is 0 Å². The van der Waals surface area contributed by atoms with Gasteiger partial charge in [0.25, 0.3) is 0 Å². The van der Waals surface area contributed by atoms with Crippen LogP contribution in [0.4, 0.5) is 0 Å². The van der Waals surface area contributed by atoms with Crippen molar-refractivity contribution in [3.8, 4) is 0 Å². The van der Waals surface area contributed by atoms with Gasteiger partial charge in [-0.05, 0) is 36.5 Å². The van der Waals surface area contributed by atoms with Crippen molar-refractivity contribution in [1.82, 2.24) is 9.36 Å². The number of nitrogens with zero attached hydrogens (tertiary/aromatic N) is 2. The van der Waals surface area contributed by atoms with Gasteiger partial charge in [-0.1, -0.05) is 36.0 Å². The molecule has 0 amide bonds. The van der Waals surface area contributed by atoms with Gasteiger partial charge in [-0.2, -0.15) is 4.37 Å². The van der Waals surface area contributed by atoms with E-state index in [9.17, 15) is 0 Å². The second-order valence-corrected chi connectivity index (χ2v) is 6.01. The molecule has 0 saturated carbocycles. The normalized spacial score (nSPS) is 12.6. The van der Waals surface area contributed by atoms with E-state index in [4.69, 9.17) is 5.73 Å². The maximum Gasteiger partial charge on any atom is 0.170 e. The minimum atomic E-state index is 0.253. The van der Waals surface area contributed by atoms with Gasteiger partial charge < -0.3 is 5.73 Å². The van der Waals surface area contributed by atoms with Crippen molar-refractivity contribution in [3.05, 3.63) is 41.2 Å². The van der Waals surface area contributed by atoms with Gasteiger partial charge >= 0.3 is 0 Å². The number of nitrogens with two attached hydrogens (primary N) is 1. The van der Waals surface area contributed by atoms with Gasteiger partial charge in [0.2, 0.25) is 0 Å². The van der Waals surface area contributed by atoms with E-state index in [0.717, 1.165) is 10.2 Å². The summed E-state index contributed by atoms with van der Waals surface area (Å²) in [6, 6.07) is 8.35. The molecule has 0 aliphatic rings. The summed E-state index contributed by atoms with van der Waals surface area (Å²) in [6.45, 7) is 4.63. The second-order valence-electron chi connectivity index (χ2n) is 3.81. The average Bonchev–Trinajstić information content (AvgIpc) is 2.73. The van der Waals surface area contributed by atoms with Crippen LogP contribution in [0.25, 0.3) is 0 Å². The molecule has 1 heterocycles. The van der Waals surface area contributed by atoms with Crippen molar-refractivity contribution >= 4 is 23.3 Å². The summed E-state index contributed by atoms with van der Waals surface area (Å²) in [5, 5.41) is 0.253. The van der Waals surface area contributed by atoms with Crippen LogP contribution in [0.5, 0.6) is 0 Å². The Bertz CT molecular complexity index is 496. The van der Waals surface area contributed by atoms with Gasteiger partial charge in [-0.3, -0.25) is 0 Å².